The number of nitrogens with one attached hydrogen (secondary N) is 1. The van der Waals surface area contributed by atoms with Gasteiger partial charge in [-0.3, -0.25) is 4.79 Å². The van der Waals surface area contributed by atoms with E-state index in [0.717, 1.165) is 5.75 Å². The van der Waals surface area contributed by atoms with Crippen molar-refractivity contribution in [2.75, 3.05) is 5.75 Å². The fourth-order valence-corrected chi connectivity index (χ4v) is 3.14. The van der Waals surface area contributed by atoms with Gasteiger partial charge in [-0.2, -0.15) is 11.8 Å². The Labute approximate surface area is 93.8 Å². The standard InChI is InChI=1S/C10H17NO3S/c12-7-11-9(10(13)14)5-6-15-8-3-1-2-4-8/h7-9H,1-6H2,(H,11,12)(H,13,14). The third-order valence-corrected chi connectivity index (χ3v) is 4.04. The molecule has 0 radical (unpaired) electrons. The van der Waals surface area contributed by atoms with Crippen LogP contribution in [0.2, 0.25) is 0 Å². The SMILES string of the molecule is O=CNC(CCSC1CCCC1)C(=O)O. The Morgan fingerprint density at radius 3 is 2.73 bits per heavy atom. The molecule has 1 unspecified atom stereocenters. The van der Waals surface area contributed by atoms with Crippen molar-refractivity contribution in [1.82, 2.24) is 5.32 Å². The van der Waals surface area contributed by atoms with E-state index < -0.39 is 12.0 Å². The normalized spacial score (nSPS) is 18.7. The molecule has 0 aromatic rings. The van der Waals surface area contributed by atoms with E-state index in [0.29, 0.717) is 18.1 Å². The van der Waals surface area contributed by atoms with Crippen molar-refractivity contribution in [3.05, 3.63) is 0 Å². The lowest BCUT2D eigenvalue weighted by Crippen LogP contribution is -2.36. The second kappa shape index (κ2) is 6.71. The number of amides is 1. The molecule has 1 rings (SSSR count). The average Bonchev–Trinajstić information content (AvgIpc) is 2.69. The number of carbonyl (C=O) groups excluding carboxylic acids is 1. The highest BCUT2D eigenvalue weighted by Crippen LogP contribution is 2.29. The molecule has 2 N–H and O–H groups in total. The van der Waals surface area contributed by atoms with Crippen molar-refractivity contribution in [3.8, 4) is 0 Å². The largest absolute Gasteiger partial charge is 0.480 e. The minimum Gasteiger partial charge on any atom is -0.480 e. The van der Waals surface area contributed by atoms with Gasteiger partial charge in [-0.1, -0.05) is 12.8 Å². The van der Waals surface area contributed by atoms with Crippen molar-refractivity contribution in [2.45, 2.75) is 43.4 Å². The number of carbonyl (C=O) groups is 2. The number of carboxylic acid groups (broad SMARTS) is 1. The third kappa shape index (κ3) is 4.55. The van der Waals surface area contributed by atoms with Gasteiger partial charge in [-0.05, 0) is 25.0 Å². The minimum absolute atomic E-state index is 0.457. The monoisotopic (exact) mass is 231 g/mol. The predicted octanol–water partition coefficient (Wildman–Crippen LogP) is 1.25. The van der Waals surface area contributed by atoms with Crippen molar-refractivity contribution in [1.29, 1.82) is 0 Å². The van der Waals surface area contributed by atoms with Gasteiger partial charge in [0.1, 0.15) is 6.04 Å². The molecule has 0 aromatic carbocycles. The van der Waals surface area contributed by atoms with Crippen LogP contribution < -0.4 is 5.32 Å². The van der Waals surface area contributed by atoms with Gasteiger partial charge in [-0.15, -0.1) is 0 Å². The molecule has 1 saturated carbocycles. The van der Waals surface area contributed by atoms with Crippen molar-refractivity contribution in [3.63, 3.8) is 0 Å². The molecule has 1 aliphatic rings. The van der Waals surface area contributed by atoms with Gasteiger partial charge in [0.2, 0.25) is 6.41 Å². The lowest BCUT2D eigenvalue weighted by molar-refractivity contribution is -0.140. The zero-order valence-corrected chi connectivity index (χ0v) is 9.46. The van der Waals surface area contributed by atoms with E-state index in [-0.39, 0.29) is 0 Å². The number of thioether (sulfide) groups is 1. The van der Waals surface area contributed by atoms with Crippen molar-refractivity contribution >= 4 is 24.1 Å². The Kier molecular flexibility index (Phi) is 5.53. The summed E-state index contributed by atoms with van der Waals surface area (Å²) >= 11 is 1.84. The Balaban J connectivity index is 2.15. The molecule has 4 nitrogen and oxygen atoms in total. The van der Waals surface area contributed by atoms with Crippen LogP contribution in [-0.4, -0.2) is 34.5 Å². The van der Waals surface area contributed by atoms with E-state index in [1.165, 1.54) is 25.7 Å². The molecule has 1 aliphatic carbocycles. The molecule has 0 aliphatic heterocycles. The lowest BCUT2D eigenvalue weighted by atomic mass is 10.2. The van der Waals surface area contributed by atoms with Crippen LogP contribution in [0.1, 0.15) is 32.1 Å². The van der Waals surface area contributed by atoms with E-state index in [9.17, 15) is 9.59 Å². The van der Waals surface area contributed by atoms with E-state index in [4.69, 9.17) is 5.11 Å². The second-order valence-electron chi connectivity index (χ2n) is 3.74. The summed E-state index contributed by atoms with van der Waals surface area (Å²) in [6, 6.07) is -0.726. The molecule has 0 saturated heterocycles. The highest BCUT2D eigenvalue weighted by Gasteiger charge is 2.19. The average molecular weight is 231 g/mol. The lowest BCUT2D eigenvalue weighted by Gasteiger charge is -2.12. The van der Waals surface area contributed by atoms with Crippen molar-refractivity contribution < 1.29 is 14.7 Å². The van der Waals surface area contributed by atoms with Crippen molar-refractivity contribution in [2.24, 2.45) is 0 Å². The Bertz CT molecular complexity index is 217. The van der Waals surface area contributed by atoms with Crippen LogP contribution >= 0.6 is 11.8 Å². The molecule has 5 heteroatoms. The molecular formula is C10H17NO3S. The number of aliphatic carboxylic acids is 1. The molecule has 1 atom stereocenters. The summed E-state index contributed by atoms with van der Waals surface area (Å²) < 4.78 is 0. The summed E-state index contributed by atoms with van der Waals surface area (Å²) in [5.41, 5.74) is 0. The van der Waals surface area contributed by atoms with Crippen LogP contribution in [0.4, 0.5) is 0 Å². The smallest absolute Gasteiger partial charge is 0.326 e. The number of carboxylic acids is 1. The molecule has 86 valence electrons. The Hall–Kier alpha value is -0.710. The fourth-order valence-electron chi connectivity index (χ4n) is 1.77. The summed E-state index contributed by atoms with van der Waals surface area (Å²) in [4.78, 5) is 20.8. The first-order valence-electron chi connectivity index (χ1n) is 5.28. The van der Waals surface area contributed by atoms with Gasteiger partial charge < -0.3 is 10.4 Å². The topological polar surface area (TPSA) is 66.4 Å². The van der Waals surface area contributed by atoms with Gasteiger partial charge in [0, 0.05) is 5.25 Å². The maximum absolute atomic E-state index is 10.7. The summed E-state index contributed by atoms with van der Waals surface area (Å²) in [5.74, 6) is -0.142. The number of rotatable bonds is 7. The van der Waals surface area contributed by atoms with E-state index in [2.05, 4.69) is 5.32 Å². The first-order chi connectivity index (χ1) is 7.24. The van der Waals surface area contributed by atoms with Gasteiger partial charge in [0.15, 0.2) is 0 Å². The van der Waals surface area contributed by atoms with Crippen LogP contribution in [-0.2, 0) is 9.59 Å². The Morgan fingerprint density at radius 1 is 1.53 bits per heavy atom. The zero-order valence-electron chi connectivity index (χ0n) is 8.65. The van der Waals surface area contributed by atoms with Crippen LogP contribution in [0.3, 0.4) is 0 Å². The van der Waals surface area contributed by atoms with Crippen LogP contribution in [0, 0.1) is 0 Å². The Morgan fingerprint density at radius 2 is 2.20 bits per heavy atom. The van der Waals surface area contributed by atoms with Gasteiger partial charge in [-0.25, -0.2) is 4.79 Å². The first kappa shape index (κ1) is 12.4. The molecule has 1 amide bonds. The fraction of sp³-hybridized carbons (Fsp3) is 0.800. The van der Waals surface area contributed by atoms with Gasteiger partial charge >= 0.3 is 5.97 Å². The number of hydrogen-bond donors (Lipinski definition) is 2. The maximum Gasteiger partial charge on any atom is 0.326 e. The molecule has 1 fully saturated rings. The zero-order chi connectivity index (χ0) is 11.1. The summed E-state index contributed by atoms with van der Waals surface area (Å²) in [5, 5.41) is 11.8. The van der Waals surface area contributed by atoms with Crippen LogP contribution in [0.25, 0.3) is 0 Å². The summed E-state index contributed by atoms with van der Waals surface area (Å²) in [7, 11) is 0. The molecular weight excluding hydrogens is 214 g/mol. The molecule has 0 spiro atoms. The first-order valence-corrected chi connectivity index (χ1v) is 6.33. The predicted molar refractivity (Wildman–Crippen MR) is 60.0 cm³/mol. The van der Waals surface area contributed by atoms with Gasteiger partial charge in [0.25, 0.3) is 0 Å². The summed E-state index contributed by atoms with van der Waals surface area (Å²) in [6.07, 6.45) is 6.07. The maximum atomic E-state index is 10.7. The van der Waals surface area contributed by atoms with E-state index in [1.54, 1.807) is 0 Å². The molecule has 0 aromatic heterocycles. The van der Waals surface area contributed by atoms with E-state index >= 15 is 0 Å². The molecule has 0 heterocycles. The molecule has 15 heavy (non-hydrogen) atoms. The second-order valence-corrected chi connectivity index (χ2v) is 5.15. The minimum atomic E-state index is -0.950. The van der Waals surface area contributed by atoms with Crippen LogP contribution in [0.5, 0.6) is 0 Å². The third-order valence-electron chi connectivity index (χ3n) is 2.63. The molecule has 0 bridgehead atoms. The number of hydrogen-bond acceptors (Lipinski definition) is 3. The van der Waals surface area contributed by atoms with E-state index in [1.807, 2.05) is 11.8 Å². The summed E-state index contributed by atoms with van der Waals surface area (Å²) in [6.45, 7) is 0. The highest BCUT2D eigenvalue weighted by molar-refractivity contribution is 7.99. The van der Waals surface area contributed by atoms with Crippen LogP contribution in [0.15, 0.2) is 0 Å². The van der Waals surface area contributed by atoms with Gasteiger partial charge in [0.05, 0.1) is 0 Å². The highest BCUT2D eigenvalue weighted by atomic mass is 32.2. The quantitative estimate of drug-likeness (QED) is 0.647.